The highest BCUT2D eigenvalue weighted by molar-refractivity contribution is 14.2. The predicted molar refractivity (Wildman–Crippen MR) is 109 cm³/mol. The number of carbonyl (C=O) groups excluding carboxylic acids is 1. The summed E-state index contributed by atoms with van der Waals surface area (Å²) in [5.41, 5.74) is 7.58. The Hall–Kier alpha value is -2.53. The Morgan fingerprint density at radius 1 is 1.12 bits per heavy atom. The summed E-state index contributed by atoms with van der Waals surface area (Å²) in [5.74, 6) is -0.429. The fraction of sp³-hybridized carbons (Fsp3) is 0. The fourth-order valence-electron chi connectivity index (χ4n) is 2.22. The minimum atomic E-state index is -2.81. The quantitative estimate of drug-likeness (QED) is 0.389. The van der Waals surface area contributed by atoms with Gasteiger partial charge in [0.15, 0.2) is 11.5 Å². The minimum absolute atomic E-state index is 0.0219. The van der Waals surface area contributed by atoms with E-state index in [1.54, 1.807) is 69.7 Å². The van der Waals surface area contributed by atoms with Crippen LogP contribution < -0.4 is 11.1 Å². The normalized spacial score (nSPS) is 13.0. The van der Waals surface area contributed by atoms with E-state index in [4.69, 9.17) is 10.5 Å². The Labute approximate surface area is 162 Å². The maximum absolute atomic E-state index is 12.4. The van der Waals surface area contributed by atoms with Crippen molar-refractivity contribution in [3.05, 3.63) is 66.5 Å². The molecule has 1 amide bonds. The third kappa shape index (κ3) is 4.17. The number of anilines is 2. The molecule has 0 aliphatic carbocycles. The van der Waals surface area contributed by atoms with Crippen LogP contribution >= 0.6 is 21.2 Å². The molecule has 26 heavy (non-hydrogen) atoms. The number of amides is 1. The van der Waals surface area contributed by atoms with Gasteiger partial charge in [-0.3, -0.25) is 4.79 Å². The number of hydrogen-bond donors (Lipinski definition) is 3. The smallest absolute Gasteiger partial charge is 0.278 e. The van der Waals surface area contributed by atoms with Crippen LogP contribution in [0.2, 0.25) is 0 Å². The van der Waals surface area contributed by atoms with E-state index in [1.807, 2.05) is 6.07 Å². The highest BCUT2D eigenvalue weighted by Crippen LogP contribution is 2.24. The van der Waals surface area contributed by atoms with Crippen molar-refractivity contribution in [2.24, 2.45) is 0 Å². The van der Waals surface area contributed by atoms with Crippen LogP contribution in [0.3, 0.4) is 0 Å². The highest BCUT2D eigenvalue weighted by Gasteiger charge is 2.15. The van der Waals surface area contributed by atoms with Crippen LogP contribution in [0.1, 0.15) is 10.5 Å². The van der Waals surface area contributed by atoms with E-state index in [-0.39, 0.29) is 11.5 Å². The summed E-state index contributed by atoms with van der Waals surface area (Å²) in [6.45, 7) is -2.81. The molecule has 132 valence electrons. The van der Waals surface area contributed by atoms with Gasteiger partial charge in [-0.15, -0.1) is 0 Å². The Kier molecular flexibility index (Phi) is 5.18. The third-order valence-electron chi connectivity index (χ3n) is 3.50. The first kappa shape index (κ1) is 18.3. The zero-order valence-corrected chi connectivity index (χ0v) is 16.3. The lowest BCUT2D eigenvalue weighted by molar-refractivity contribution is 0.102. The summed E-state index contributed by atoms with van der Waals surface area (Å²) in [6, 6.07) is 15.5. The Bertz CT molecular complexity index is 1050. The Morgan fingerprint density at radius 3 is 2.38 bits per heavy atom. The van der Waals surface area contributed by atoms with Gasteiger partial charge in [-0.05, 0) is 24.3 Å². The van der Waals surface area contributed by atoms with Crippen LogP contribution in [0.15, 0.2) is 65.7 Å². The average molecular weight is 479 g/mol. The van der Waals surface area contributed by atoms with Crippen molar-refractivity contribution in [2.45, 2.75) is 4.90 Å². The first-order valence-electron chi connectivity index (χ1n) is 7.42. The van der Waals surface area contributed by atoms with Crippen molar-refractivity contribution in [3.8, 4) is 11.3 Å². The van der Waals surface area contributed by atoms with Crippen LogP contribution in [0.4, 0.5) is 11.5 Å². The molecule has 4 N–H and O–H groups in total. The molecule has 2 aromatic carbocycles. The molecule has 0 radical (unpaired) electrons. The van der Waals surface area contributed by atoms with Crippen LogP contribution in [0.25, 0.3) is 11.3 Å². The van der Waals surface area contributed by atoms with Gasteiger partial charge in [0.25, 0.3) is 5.91 Å². The van der Waals surface area contributed by atoms with Crippen LogP contribution in [0, 0.1) is 4.78 Å². The number of nitrogens with one attached hydrogen (secondary N) is 2. The number of halogens is 1. The van der Waals surface area contributed by atoms with Gasteiger partial charge in [-0.25, -0.2) is 19.0 Å². The van der Waals surface area contributed by atoms with Crippen LogP contribution in [0.5, 0.6) is 0 Å². The molecule has 0 spiro atoms. The average Bonchev–Trinajstić information content (AvgIpc) is 2.62. The van der Waals surface area contributed by atoms with E-state index in [0.717, 1.165) is 0 Å². The first-order chi connectivity index (χ1) is 12.3. The zero-order chi connectivity index (χ0) is 18.7. The summed E-state index contributed by atoms with van der Waals surface area (Å²) >= 11 is 1.59. The van der Waals surface area contributed by atoms with Crippen molar-refractivity contribution in [3.63, 3.8) is 0 Å². The lowest BCUT2D eigenvalue weighted by atomic mass is 10.1. The molecule has 0 fully saturated rings. The minimum Gasteiger partial charge on any atom is -0.382 e. The van der Waals surface area contributed by atoms with Crippen molar-refractivity contribution < 1.29 is 9.00 Å². The molecule has 0 saturated carbocycles. The number of nitrogens with zero attached hydrogens (tertiary/aromatic N) is 2. The van der Waals surface area contributed by atoms with Gasteiger partial charge in [-0.1, -0.05) is 30.3 Å². The van der Waals surface area contributed by atoms with Crippen molar-refractivity contribution >= 4 is 45.5 Å². The van der Waals surface area contributed by atoms with Gasteiger partial charge in [0, 0.05) is 32.5 Å². The number of aromatic nitrogens is 2. The molecule has 3 aromatic rings. The van der Waals surface area contributed by atoms with Gasteiger partial charge in [-0.2, -0.15) is 0 Å². The second-order valence-electron chi connectivity index (χ2n) is 5.32. The molecule has 3 rings (SSSR count). The van der Waals surface area contributed by atoms with Crippen LogP contribution in [-0.4, -0.2) is 20.1 Å². The number of para-hydroxylation sites is 1. The van der Waals surface area contributed by atoms with Crippen LogP contribution in [-0.2, 0) is 6.90 Å². The molecule has 1 atom stereocenters. The molecule has 0 bridgehead atoms. The molecule has 0 aliphatic rings. The highest BCUT2D eigenvalue weighted by atomic mass is 127. The predicted octanol–water partition coefficient (Wildman–Crippen LogP) is 3.73. The van der Waals surface area contributed by atoms with E-state index in [0.29, 0.717) is 21.8 Å². The van der Waals surface area contributed by atoms with E-state index in [1.165, 1.54) is 6.20 Å². The van der Waals surface area contributed by atoms with Gasteiger partial charge in [0.05, 0.1) is 16.8 Å². The first-order valence-corrected chi connectivity index (χ1v) is 11.5. The molecule has 1 unspecified atom stereocenters. The summed E-state index contributed by atoms with van der Waals surface area (Å²) in [6.07, 6.45) is 1.46. The van der Waals surface area contributed by atoms with E-state index in [9.17, 15) is 9.00 Å². The largest absolute Gasteiger partial charge is 0.382 e. The second kappa shape index (κ2) is 7.38. The number of rotatable bonds is 4. The lowest BCUT2D eigenvalue weighted by Crippen LogP contribution is -2.17. The summed E-state index contributed by atoms with van der Waals surface area (Å²) < 4.78 is 19.3. The van der Waals surface area contributed by atoms with Gasteiger partial charge in [0.1, 0.15) is 6.90 Å². The number of nitrogen functional groups attached to an aromatic ring is 1. The van der Waals surface area contributed by atoms with Crippen molar-refractivity contribution in [2.75, 3.05) is 11.1 Å². The number of benzene rings is 2. The monoisotopic (exact) mass is 479 g/mol. The molecule has 0 aliphatic heterocycles. The molecule has 7 nitrogen and oxygen atoms in total. The van der Waals surface area contributed by atoms with Gasteiger partial charge >= 0.3 is 0 Å². The standard InChI is InChI=1S/C17H14IN5O2S/c18-26(20,25)13-8-6-11(7-9-13)14-10-21-16(19)15(23-14)17(24)22-12-4-2-1-3-5-12/h1-10,20H,(H2,19,21)(H,22,24). The summed E-state index contributed by atoms with van der Waals surface area (Å²) in [4.78, 5) is 21.2. The van der Waals surface area contributed by atoms with Crippen molar-refractivity contribution in [1.29, 1.82) is 4.78 Å². The molecular formula is C17H14IN5O2S. The number of nitrogens with two attached hydrogens (primary N) is 1. The lowest BCUT2D eigenvalue weighted by Gasteiger charge is -2.09. The molecular weight excluding hydrogens is 465 g/mol. The van der Waals surface area contributed by atoms with E-state index < -0.39 is 12.8 Å². The fourth-order valence-corrected chi connectivity index (χ4v) is 3.58. The van der Waals surface area contributed by atoms with E-state index in [2.05, 4.69) is 15.3 Å². The maximum Gasteiger partial charge on any atom is 0.278 e. The molecule has 1 heterocycles. The maximum atomic E-state index is 12.4. The Morgan fingerprint density at radius 2 is 1.77 bits per heavy atom. The van der Waals surface area contributed by atoms with E-state index >= 15 is 0 Å². The van der Waals surface area contributed by atoms with Gasteiger partial charge < -0.3 is 11.1 Å². The summed E-state index contributed by atoms with van der Waals surface area (Å²) in [5, 5.41) is 2.72. The SMILES string of the molecule is N=S(=O)(I)c1ccc(-c2cnc(N)c(C(=O)Nc3ccccc3)n2)cc1. The molecule has 9 heteroatoms. The number of hydrogen-bond acceptors (Lipinski definition) is 6. The number of carbonyl (C=O) groups is 1. The topological polar surface area (TPSA) is 122 Å². The van der Waals surface area contributed by atoms with Crippen molar-refractivity contribution in [1.82, 2.24) is 9.97 Å². The summed E-state index contributed by atoms with van der Waals surface area (Å²) in [7, 11) is 0. The zero-order valence-electron chi connectivity index (χ0n) is 13.3. The third-order valence-corrected chi connectivity index (χ3v) is 5.90. The Balaban J connectivity index is 1.91. The molecule has 1 aromatic heterocycles. The molecule has 0 saturated heterocycles. The second-order valence-corrected chi connectivity index (χ2v) is 10.5. The van der Waals surface area contributed by atoms with Gasteiger partial charge in [0.2, 0.25) is 0 Å².